The highest BCUT2D eigenvalue weighted by Gasteiger charge is 2.26. The zero-order valence-corrected chi connectivity index (χ0v) is 10.5. The molecule has 1 aromatic heterocycles. The second-order valence-electron chi connectivity index (χ2n) is 4.69. The quantitative estimate of drug-likeness (QED) is 0.633. The molecule has 0 aromatic carbocycles. The molecule has 0 radical (unpaired) electrons. The first-order valence-corrected chi connectivity index (χ1v) is 5.31. The van der Waals surface area contributed by atoms with Gasteiger partial charge in [0.15, 0.2) is 0 Å². The predicted molar refractivity (Wildman–Crippen MR) is 66.1 cm³/mol. The highest BCUT2D eigenvalue weighted by molar-refractivity contribution is 5.98. The van der Waals surface area contributed by atoms with E-state index in [0.29, 0.717) is 5.71 Å². The van der Waals surface area contributed by atoms with E-state index in [0.717, 1.165) is 10.6 Å². The Morgan fingerprint density at radius 1 is 1.35 bits per heavy atom. The lowest BCUT2D eigenvalue weighted by atomic mass is 10.1. The van der Waals surface area contributed by atoms with E-state index in [4.69, 9.17) is 5.11 Å². The topological polar surface area (TPSA) is 65.8 Å². The van der Waals surface area contributed by atoms with Crippen molar-refractivity contribution in [3.63, 3.8) is 0 Å². The number of hydrazone groups is 1. The summed E-state index contributed by atoms with van der Waals surface area (Å²) in [4.78, 5) is 15.0. The summed E-state index contributed by atoms with van der Waals surface area (Å²) in [5.74, 6) is 0. The zero-order chi connectivity index (χ0) is 13.1. The SMILES string of the molecule is CC(=NN(C(=O)O)C(C)(C)C)c1ccncc1. The molecule has 1 amide bonds. The molecule has 5 heteroatoms. The molecule has 92 valence electrons. The van der Waals surface area contributed by atoms with Gasteiger partial charge in [-0.05, 0) is 39.8 Å². The molecule has 0 saturated heterocycles. The van der Waals surface area contributed by atoms with Crippen LogP contribution in [0.3, 0.4) is 0 Å². The molecule has 0 fully saturated rings. The van der Waals surface area contributed by atoms with Crippen LogP contribution < -0.4 is 0 Å². The molecular weight excluding hydrogens is 218 g/mol. The Balaban J connectivity index is 3.04. The highest BCUT2D eigenvalue weighted by Crippen LogP contribution is 2.15. The number of pyridine rings is 1. The van der Waals surface area contributed by atoms with Gasteiger partial charge in [0, 0.05) is 18.0 Å². The summed E-state index contributed by atoms with van der Waals surface area (Å²) in [6, 6.07) is 3.59. The molecule has 0 bridgehead atoms. The third kappa shape index (κ3) is 3.55. The van der Waals surface area contributed by atoms with Crippen molar-refractivity contribution in [3.05, 3.63) is 30.1 Å². The summed E-state index contributed by atoms with van der Waals surface area (Å²) < 4.78 is 0. The summed E-state index contributed by atoms with van der Waals surface area (Å²) in [6.45, 7) is 7.16. The minimum absolute atomic E-state index is 0.569. The minimum Gasteiger partial charge on any atom is -0.464 e. The van der Waals surface area contributed by atoms with Crippen LogP contribution in [0.4, 0.5) is 4.79 Å². The second-order valence-corrected chi connectivity index (χ2v) is 4.69. The highest BCUT2D eigenvalue weighted by atomic mass is 16.4. The van der Waals surface area contributed by atoms with Crippen LogP contribution in [-0.4, -0.2) is 32.4 Å². The Bertz CT molecular complexity index is 421. The summed E-state index contributed by atoms with van der Waals surface area (Å²) >= 11 is 0. The fourth-order valence-corrected chi connectivity index (χ4v) is 1.28. The number of carboxylic acid groups (broad SMARTS) is 1. The van der Waals surface area contributed by atoms with Crippen LogP contribution in [0.5, 0.6) is 0 Å². The molecule has 1 aromatic rings. The molecule has 0 saturated carbocycles. The molecular formula is C12H17N3O2. The number of carbonyl (C=O) groups is 1. The van der Waals surface area contributed by atoms with E-state index in [9.17, 15) is 4.79 Å². The number of hydrogen-bond acceptors (Lipinski definition) is 3. The minimum atomic E-state index is -1.06. The monoisotopic (exact) mass is 235 g/mol. The van der Waals surface area contributed by atoms with Gasteiger partial charge in [-0.3, -0.25) is 4.98 Å². The van der Waals surface area contributed by atoms with Crippen LogP contribution in [0.25, 0.3) is 0 Å². The van der Waals surface area contributed by atoms with E-state index in [1.807, 2.05) is 0 Å². The van der Waals surface area contributed by atoms with Gasteiger partial charge in [0.25, 0.3) is 0 Å². The third-order valence-corrected chi connectivity index (χ3v) is 2.16. The van der Waals surface area contributed by atoms with E-state index in [-0.39, 0.29) is 0 Å². The molecule has 1 rings (SSSR count). The van der Waals surface area contributed by atoms with Gasteiger partial charge in [-0.25, -0.2) is 4.79 Å². The van der Waals surface area contributed by atoms with Crippen molar-refractivity contribution in [3.8, 4) is 0 Å². The third-order valence-electron chi connectivity index (χ3n) is 2.16. The number of aromatic nitrogens is 1. The molecule has 17 heavy (non-hydrogen) atoms. The van der Waals surface area contributed by atoms with Gasteiger partial charge < -0.3 is 5.11 Å². The van der Waals surface area contributed by atoms with Crippen molar-refractivity contribution in [2.24, 2.45) is 5.10 Å². The lowest BCUT2D eigenvalue weighted by Gasteiger charge is -2.28. The van der Waals surface area contributed by atoms with Crippen LogP contribution in [0.15, 0.2) is 29.6 Å². The van der Waals surface area contributed by atoms with Crippen molar-refractivity contribution >= 4 is 11.8 Å². The number of amides is 1. The Hall–Kier alpha value is -1.91. The van der Waals surface area contributed by atoms with Crippen molar-refractivity contribution in [2.75, 3.05) is 0 Å². The van der Waals surface area contributed by atoms with Gasteiger partial charge in [0.2, 0.25) is 0 Å². The normalized spacial score (nSPS) is 12.4. The molecule has 0 spiro atoms. The van der Waals surface area contributed by atoms with Crippen LogP contribution >= 0.6 is 0 Å². The first-order valence-electron chi connectivity index (χ1n) is 5.31. The Labute approximate surface area is 101 Å². The number of nitrogens with zero attached hydrogens (tertiary/aromatic N) is 3. The van der Waals surface area contributed by atoms with Crippen molar-refractivity contribution in [1.29, 1.82) is 0 Å². The summed E-state index contributed by atoms with van der Waals surface area (Å²) in [6.07, 6.45) is 2.23. The van der Waals surface area contributed by atoms with Gasteiger partial charge in [-0.1, -0.05) is 0 Å². The predicted octanol–water partition coefficient (Wildman–Crippen LogP) is 2.58. The van der Waals surface area contributed by atoms with Crippen molar-refractivity contribution in [2.45, 2.75) is 33.2 Å². The molecule has 0 aliphatic rings. The van der Waals surface area contributed by atoms with Crippen LogP contribution in [-0.2, 0) is 0 Å². The number of rotatable bonds is 2. The fraction of sp³-hybridized carbons (Fsp3) is 0.417. The smallest absolute Gasteiger partial charge is 0.428 e. The van der Waals surface area contributed by atoms with Gasteiger partial charge in [0.05, 0.1) is 11.3 Å². The van der Waals surface area contributed by atoms with Gasteiger partial charge in [-0.15, -0.1) is 0 Å². The maximum absolute atomic E-state index is 11.1. The zero-order valence-electron chi connectivity index (χ0n) is 10.5. The molecule has 5 nitrogen and oxygen atoms in total. The van der Waals surface area contributed by atoms with E-state index >= 15 is 0 Å². The standard InChI is InChI=1S/C12H17N3O2/c1-9(10-5-7-13-8-6-10)14-15(11(16)17)12(2,3)4/h5-8H,1-4H3,(H,16,17). The second kappa shape index (κ2) is 4.95. The van der Waals surface area contributed by atoms with E-state index in [1.165, 1.54) is 0 Å². The Morgan fingerprint density at radius 2 is 1.88 bits per heavy atom. The molecule has 0 atom stereocenters. The van der Waals surface area contributed by atoms with Crippen molar-refractivity contribution < 1.29 is 9.90 Å². The maximum Gasteiger partial charge on any atom is 0.428 e. The summed E-state index contributed by atoms with van der Waals surface area (Å²) in [5, 5.41) is 14.3. The van der Waals surface area contributed by atoms with Gasteiger partial charge >= 0.3 is 6.09 Å². The van der Waals surface area contributed by atoms with E-state index in [1.54, 1.807) is 52.2 Å². The molecule has 1 N–H and O–H groups in total. The van der Waals surface area contributed by atoms with E-state index < -0.39 is 11.6 Å². The number of hydrogen-bond donors (Lipinski definition) is 1. The average molecular weight is 235 g/mol. The van der Waals surface area contributed by atoms with Crippen LogP contribution in [0.1, 0.15) is 33.3 Å². The first-order chi connectivity index (χ1) is 7.82. The van der Waals surface area contributed by atoms with Crippen LogP contribution in [0, 0.1) is 0 Å². The largest absolute Gasteiger partial charge is 0.464 e. The van der Waals surface area contributed by atoms with E-state index in [2.05, 4.69) is 10.1 Å². The Morgan fingerprint density at radius 3 is 2.29 bits per heavy atom. The first kappa shape index (κ1) is 13.2. The van der Waals surface area contributed by atoms with Crippen molar-refractivity contribution in [1.82, 2.24) is 9.99 Å². The van der Waals surface area contributed by atoms with Gasteiger partial charge in [-0.2, -0.15) is 10.1 Å². The maximum atomic E-state index is 11.1. The lowest BCUT2D eigenvalue weighted by Crippen LogP contribution is -2.41. The Kier molecular flexibility index (Phi) is 3.83. The molecule has 0 unspecified atom stereocenters. The molecule has 0 aliphatic heterocycles. The fourth-order valence-electron chi connectivity index (χ4n) is 1.28. The lowest BCUT2D eigenvalue weighted by molar-refractivity contribution is 0.103. The molecule has 1 heterocycles. The molecule has 0 aliphatic carbocycles. The summed E-state index contributed by atoms with van der Waals surface area (Å²) in [5.41, 5.74) is 0.931. The van der Waals surface area contributed by atoms with Gasteiger partial charge in [0.1, 0.15) is 0 Å². The average Bonchev–Trinajstić information content (AvgIpc) is 2.24. The summed E-state index contributed by atoms with van der Waals surface area (Å²) in [7, 11) is 0. The van der Waals surface area contributed by atoms with Crippen LogP contribution in [0.2, 0.25) is 0 Å².